The predicted octanol–water partition coefficient (Wildman–Crippen LogP) is 4.80. The molecule has 0 radical (unpaired) electrons. The normalized spacial score (nSPS) is 11.0. The van der Waals surface area contributed by atoms with Gasteiger partial charge in [-0.15, -0.1) is 10.2 Å². The first-order valence-electron chi connectivity index (χ1n) is 11.1. The van der Waals surface area contributed by atoms with E-state index in [1.165, 1.54) is 20.4 Å². The van der Waals surface area contributed by atoms with Crippen LogP contribution in [0.3, 0.4) is 0 Å². The molecule has 0 unspecified atom stereocenters. The molecule has 1 aromatic carbocycles. The lowest BCUT2D eigenvalue weighted by atomic mass is 9.96. The second kappa shape index (κ2) is 10.6. The quantitative estimate of drug-likeness (QED) is 0.339. The molecule has 0 fully saturated rings. The molecule has 0 aliphatic carbocycles. The maximum atomic E-state index is 13.1. The van der Waals surface area contributed by atoms with Crippen molar-refractivity contribution < 1.29 is 19.0 Å². The minimum atomic E-state index is -0.536. The number of ether oxygens (including phenoxy) is 2. The number of aryl methyl sites for hydroxylation is 1. The fraction of sp³-hybridized carbons (Fsp3) is 0.280. The van der Waals surface area contributed by atoms with Crippen LogP contribution in [0, 0.1) is 0 Å². The Hall–Kier alpha value is -3.85. The third-order valence-corrected chi connectivity index (χ3v) is 5.75. The number of aromatic hydroxyl groups is 1. The molecule has 0 amide bonds. The first kappa shape index (κ1) is 24.3. The van der Waals surface area contributed by atoms with Gasteiger partial charge in [-0.2, -0.15) is 0 Å². The van der Waals surface area contributed by atoms with Crippen LogP contribution < -0.4 is 15.0 Å². The fourth-order valence-corrected chi connectivity index (χ4v) is 3.95. The number of aromatic nitrogens is 4. The molecular formula is C25H25ClN4O5. The van der Waals surface area contributed by atoms with Gasteiger partial charge < -0.3 is 24.0 Å². The Balaban J connectivity index is 1.86. The highest BCUT2D eigenvalue weighted by Crippen LogP contribution is 2.46. The molecule has 0 saturated carbocycles. The van der Waals surface area contributed by atoms with Gasteiger partial charge >= 0.3 is 0 Å². The number of aromatic amines is 1. The van der Waals surface area contributed by atoms with E-state index in [4.69, 9.17) is 25.5 Å². The van der Waals surface area contributed by atoms with Gasteiger partial charge in [0.2, 0.25) is 5.89 Å². The fourth-order valence-electron chi connectivity index (χ4n) is 3.84. The van der Waals surface area contributed by atoms with Gasteiger partial charge in [-0.3, -0.25) is 9.78 Å². The van der Waals surface area contributed by atoms with Crippen molar-refractivity contribution in [3.63, 3.8) is 0 Å². The number of halogens is 1. The van der Waals surface area contributed by atoms with Crippen molar-refractivity contribution in [3.8, 4) is 39.8 Å². The van der Waals surface area contributed by atoms with Crippen molar-refractivity contribution in [2.75, 3.05) is 14.2 Å². The molecule has 35 heavy (non-hydrogen) atoms. The number of methoxy groups -OCH3 is 2. The highest BCUT2D eigenvalue weighted by atomic mass is 35.5. The number of pyridine rings is 2. The van der Waals surface area contributed by atoms with Gasteiger partial charge in [0, 0.05) is 17.6 Å². The van der Waals surface area contributed by atoms with Crippen LogP contribution in [0.5, 0.6) is 17.2 Å². The van der Waals surface area contributed by atoms with Crippen molar-refractivity contribution >= 4 is 11.6 Å². The number of unbranched alkanes of at least 4 members (excludes halogenated alkanes) is 1. The molecule has 0 aliphatic heterocycles. The van der Waals surface area contributed by atoms with Crippen LogP contribution in [0.1, 0.15) is 37.0 Å². The molecule has 4 rings (SSSR count). The van der Waals surface area contributed by atoms with Crippen LogP contribution in [0.2, 0.25) is 5.02 Å². The first-order valence-corrected chi connectivity index (χ1v) is 11.5. The van der Waals surface area contributed by atoms with Crippen LogP contribution in [0.4, 0.5) is 0 Å². The highest BCUT2D eigenvalue weighted by molar-refractivity contribution is 6.30. The highest BCUT2D eigenvalue weighted by Gasteiger charge is 2.27. The Morgan fingerprint density at radius 2 is 1.80 bits per heavy atom. The van der Waals surface area contributed by atoms with Crippen LogP contribution in [-0.2, 0) is 12.8 Å². The summed E-state index contributed by atoms with van der Waals surface area (Å²) in [6.45, 7) is 2.05. The minimum absolute atomic E-state index is 0.107. The third kappa shape index (κ3) is 5.00. The Morgan fingerprint density at radius 1 is 1.06 bits per heavy atom. The number of H-pyrrole nitrogens is 1. The lowest BCUT2D eigenvalue weighted by Crippen LogP contribution is -2.14. The zero-order valence-corrected chi connectivity index (χ0v) is 20.3. The largest absolute Gasteiger partial charge is 0.506 e. The number of nitrogens with zero attached hydrogens (tertiary/aromatic N) is 3. The second-order valence-electron chi connectivity index (χ2n) is 7.82. The summed E-state index contributed by atoms with van der Waals surface area (Å²) in [7, 11) is 3.06. The topological polar surface area (TPSA) is 123 Å². The average Bonchev–Trinajstić information content (AvgIpc) is 3.31. The van der Waals surface area contributed by atoms with Crippen molar-refractivity contribution in [1.82, 2.24) is 20.2 Å². The van der Waals surface area contributed by atoms with E-state index in [0.29, 0.717) is 45.5 Å². The van der Waals surface area contributed by atoms with Crippen LogP contribution >= 0.6 is 11.6 Å². The van der Waals surface area contributed by atoms with Crippen molar-refractivity contribution in [3.05, 3.63) is 69.2 Å². The third-order valence-electron chi connectivity index (χ3n) is 5.53. The lowest BCUT2D eigenvalue weighted by molar-refractivity contribution is 0.396. The van der Waals surface area contributed by atoms with Crippen LogP contribution in [-0.4, -0.2) is 39.5 Å². The Bertz CT molecular complexity index is 1360. The summed E-state index contributed by atoms with van der Waals surface area (Å²) in [5.41, 5.74) is 1.47. The van der Waals surface area contributed by atoms with E-state index in [2.05, 4.69) is 20.2 Å². The molecule has 3 aromatic heterocycles. The monoisotopic (exact) mass is 496 g/mol. The maximum absolute atomic E-state index is 13.1. The van der Waals surface area contributed by atoms with Crippen LogP contribution in [0.15, 0.2) is 45.7 Å². The zero-order valence-electron chi connectivity index (χ0n) is 19.6. The van der Waals surface area contributed by atoms with Crippen molar-refractivity contribution in [2.45, 2.75) is 32.6 Å². The molecule has 0 atom stereocenters. The predicted molar refractivity (Wildman–Crippen MR) is 131 cm³/mol. The standard InChI is InChI=1S/C25H25ClN4O5/c1-4-5-7-16-20(21-17(33-2)8-6-9-18(21)34-3)23(31)22(24(32)28-16)25-30-29-19(35-25)12-15-11-10-14(26)13-27-15/h6,8-11,13H,4-5,7,12H2,1-3H3,(H2,28,31,32). The number of rotatable bonds is 9. The van der Waals surface area contributed by atoms with E-state index in [-0.39, 0.29) is 29.5 Å². The van der Waals surface area contributed by atoms with Gasteiger partial charge in [0.25, 0.3) is 11.4 Å². The number of hydrogen-bond acceptors (Lipinski definition) is 8. The van der Waals surface area contributed by atoms with Crippen molar-refractivity contribution in [1.29, 1.82) is 0 Å². The van der Waals surface area contributed by atoms with E-state index in [9.17, 15) is 9.90 Å². The maximum Gasteiger partial charge on any atom is 0.264 e. The summed E-state index contributed by atoms with van der Waals surface area (Å²) in [4.78, 5) is 20.2. The molecule has 182 valence electrons. The molecule has 3 heterocycles. The molecule has 4 aromatic rings. The minimum Gasteiger partial charge on any atom is -0.506 e. The smallest absolute Gasteiger partial charge is 0.264 e. The summed E-state index contributed by atoms with van der Waals surface area (Å²) in [6.07, 6.45) is 4.00. The second-order valence-corrected chi connectivity index (χ2v) is 8.25. The van der Waals surface area contributed by atoms with Gasteiger partial charge in [-0.05, 0) is 37.1 Å². The van der Waals surface area contributed by atoms with Gasteiger partial charge in [0.15, 0.2) is 0 Å². The van der Waals surface area contributed by atoms with E-state index in [0.717, 1.165) is 12.8 Å². The summed E-state index contributed by atoms with van der Waals surface area (Å²) in [5.74, 6) is 0.804. The molecule has 10 heteroatoms. The van der Waals surface area contributed by atoms with E-state index in [1.807, 2.05) is 6.92 Å². The van der Waals surface area contributed by atoms with Gasteiger partial charge in [0.1, 0.15) is 22.8 Å². The molecule has 0 aliphatic rings. The Kier molecular flexibility index (Phi) is 7.36. The van der Waals surface area contributed by atoms with Crippen molar-refractivity contribution in [2.24, 2.45) is 0 Å². The number of benzene rings is 1. The zero-order chi connectivity index (χ0) is 24.9. The van der Waals surface area contributed by atoms with Crippen LogP contribution in [0.25, 0.3) is 22.6 Å². The van der Waals surface area contributed by atoms with E-state index >= 15 is 0 Å². The SMILES string of the molecule is CCCCc1[nH]c(=O)c(-c2nnc(Cc3ccc(Cl)cn3)o2)c(O)c1-c1c(OC)cccc1OC. The molecule has 9 nitrogen and oxygen atoms in total. The van der Waals surface area contributed by atoms with Gasteiger partial charge in [-0.25, -0.2) is 0 Å². The summed E-state index contributed by atoms with van der Waals surface area (Å²) in [6, 6.07) is 8.75. The summed E-state index contributed by atoms with van der Waals surface area (Å²) < 4.78 is 16.9. The molecule has 0 spiro atoms. The first-order chi connectivity index (χ1) is 17.0. The summed E-state index contributed by atoms with van der Waals surface area (Å²) in [5, 5.41) is 20.0. The van der Waals surface area contributed by atoms with E-state index < -0.39 is 5.56 Å². The Morgan fingerprint density at radius 3 is 2.43 bits per heavy atom. The molecule has 0 saturated heterocycles. The number of nitrogens with one attached hydrogen (secondary N) is 1. The lowest BCUT2D eigenvalue weighted by Gasteiger charge is -2.18. The average molecular weight is 497 g/mol. The number of hydrogen-bond donors (Lipinski definition) is 2. The summed E-state index contributed by atoms with van der Waals surface area (Å²) >= 11 is 5.89. The molecular weight excluding hydrogens is 472 g/mol. The van der Waals surface area contributed by atoms with Gasteiger partial charge in [-0.1, -0.05) is 31.0 Å². The molecule has 0 bridgehead atoms. The van der Waals surface area contributed by atoms with E-state index in [1.54, 1.807) is 30.3 Å². The Labute approximate surface area is 206 Å². The molecule has 2 N–H and O–H groups in total. The van der Waals surface area contributed by atoms with Gasteiger partial charge in [0.05, 0.1) is 36.8 Å².